The summed E-state index contributed by atoms with van der Waals surface area (Å²) in [6.07, 6.45) is 55.4. The molecule has 0 radical (unpaired) electrons. The molecule has 0 aromatic rings. The summed E-state index contributed by atoms with van der Waals surface area (Å²) in [5.41, 5.74) is 0. The second-order valence-electron chi connectivity index (χ2n) is 18.9. The van der Waals surface area contributed by atoms with Crippen molar-refractivity contribution in [3.8, 4) is 0 Å². The quantitative estimate of drug-likeness (QED) is 0.0344. The van der Waals surface area contributed by atoms with E-state index in [0.717, 1.165) is 57.8 Å². The summed E-state index contributed by atoms with van der Waals surface area (Å²) in [7, 11) is 0. The number of ether oxygens (including phenoxy) is 3. The first-order chi connectivity index (χ1) is 30.0. The van der Waals surface area contributed by atoms with Gasteiger partial charge in [-0.2, -0.15) is 0 Å². The van der Waals surface area contributed by atoms with E-state index in [1.54, 1.807) is 0 Å². The van der Waals surface area contributed by atoms with Gasteiger partial charge in [-0.15, -0.1) is 0 Å². The van der Waals surface area contributed by atoms with E-state index in [1.165, 1.54) is 218 Å². The van der Waals surface area contributed by atoms with Crippen LogP contribution in [0.5, 0.6) is 0 Å². The van der Waals surface area contributed by atoms with Crippen molar-refractivity contribution in [2.45, 2.75) is 322 Å². The van der Waals surface area contributed by atoms with Crippen LogP contribution in [0.3, 0.4) is 0 Å². The maximum absolute atomic E-state index is 12.8. The number of rotatable bonds is 51. The number of unbranched alkanes of at least 4 members (excludes halogenated alkanes) is 40. The summed E-state index contributed by atoms with van der Waals surface area (Å²) in [6.45, 7) is 6.65. The summed E-state index contributed by atoms with van der Waals surface area (Å²) < 4.78 is 16.8. The Kier molecular flexibility index (Phi) is 49.7. The minimum atomic E-state index is -0.759. The minimum absolute atomic E-state index is 0.0622. The van der Waals surface area contributed by atoms with Crippen molar-refractivity contribution < 1.29 is 28.6 Å². The van der Waals surface area contributed by atoms with Gasteiger partial charge in [0.15, 0.2) is 6.10 Å². The summed E-state index contributed by atoms with van der Waals surface area (Å²) in [5.74, 6) is -0.846. The molecule has 0 N–H and O–H groups in total. The van der Waals surface area contributed by atoms with Crippen LogP contribution in [-0.2, 0) is 28.6 Å². The molecule has 0 fully saturated rings. The smallest absolute Gasteiger partial charge is 0.306 e. The third-order valence-electron chi connectivity index (χ3n) is 12.6. The van der Waals surface area contributed by atoms with Gasteiger partial charge in [-0.05, 0) is 19.3 Å². The van der Waals surface area contributed by atoms with Gasteiger partial charge in [-0.3, -0.25) is 14.4 Å². The molecule has 0 rings (SSSR count). The Bertz CT molecular complexity index is 905. The van der Waals surface area contributed by atoms with E-state index in [-0.39, 0.29) is 31.1 Å². The predicted octanol–water partition coefficient (Wildman–Crippen LogP) is 18.0. The Hall–Kier alpha value is -1.59. The fraction of sp³-hybridized carbons (Fsp3) is 0.945. The molecule has 0 spiro atoms. The summed E-state index contributed by atoms with van der Waals surface area (Å²) in [4.78, 5) is 37.8. The first-order valence-corrected chi connectivity index (χ1v) is 27.5. The monoisotopic (exact) mass is 863 g/mol. The molecule has 61 heavy (non-hydrogen) atoms. The molecule has 0 heterocycles. The second-order valence-corrected chi connectivity index (χ2v) is 18.9. The van der Waals surface area contributed by atoms with E-state index in [9.17, 15) is 14.4 Å². The van der Waals surface area contributed by atoms with Crippen molar-refractivity contribution in [1.82, 2.24) is 0 Å². The number of hydrogen-bond acceptors (Lipinski definition) is 6. The zero-order chi connectivity index (χ0) is 44.4. The van der Waals surface area contributed by atoms with Crippen molar-refractivity contribution in [3.05, 3.63) is 0 Å². The second kappa shape index (κ2) is 51.0. The average Bonchev–Trinajstić information content (AvgIpc) is 3.26. The van der Waals surface area contributed by atoms with Crippen LogP contribution in [-0.4, -0.2) is 37.2 Å². The molecular weight excluding hydrogens is 757 g/mol. The number of esters is 3. The zero-order valence-electron chi connectivity index (χ0n) is 41.5. The average molecular weight is 863 g/mol. The third-order valence-corrected chi connectivity index (χ3v) is 12.6. The van der Waals surface area contributed by atoms with E-state index in [0.29, 0.717) is 19.3 Å². The van der Waals surface area contributed by atoms with Crippen molar-refractivity contribution in [1.29, 1.82) is 0 Å². The van der Waals surface area contributed by atoms with Crippen molar-refractivity contribution in [2.24, 2.45) is 0 Å². The van der Waals surface area contributed by atoms with Gasteiger partial charge in [-0.1, -0.05) is 278 Å². The standard InChI is InChI=1S/C55H106O6/c1-4-7-10-13-16-18-20-22-24-25-26-27-28-29-30-31-33-34-36-39-42-45-48-54(57)60-51-52(50-59-53(56)47-44-41-38-15-12-9-6-3)61-55(58)49-46-43-40-37-35-32-23-21-19-17-14-11-8-5-2/h52H,4-51H2,1-3H3. The van der Waals surface area contributed by atoms with Crippen LogP contribution in [0.1, 0.15) is 316 Å². The lowest BCUT2D eigenvalue weighted by Crippen LogP contribution is -2.30. The Balaban J connectivity index is 4.10. The van der Waals surface area contributed by atoms with E-state index >= 15 is 0 Å². The lowest BCUT2D eigenvalue weighted by Gasteiger charge is -2.18. The number of carbonyl (C=O) groups is 3. The molecule has 0 aliphatic heterocycles. The van der Waals surface area contributed by atoms with Gasteiger partial charge in [0.2, 0.25) is 0 Å². The maximum Gasteiger partial charge on any atom is 0.306 e. The van der Waals surface area contributed by atoms with Gasteiger partial charge >= 0.3 is 17.9 Å². The summed E-state index contributed by atoms with van der Waals surface area (Å²) in [6, 6.07) is 0. The minimum Gasteiger partial charge on any atom is -0.462 e. The first-order valence-electron chi connectivity index (χ1n) is 27.5. The highest BCUT2D eigenvalue weighted by atomic mass is 16.6. The molecule has 0 amide bonds. The molecular formula is C55H106O6. The Labute approximate surface area is 380 Å². The summed E-state index contributed by atoms with van der Waals surface area (Å²) in [5, 5.41) is 0. The lowest BCUT2D eigenvalue weighted by atomic mass is 10.0. The van der Waals surface area contributed by atoms with Crippen molar-refractivity contribution >= 4 is 17.9 Å². The van der Waals surface area contributed by atoms with Crippen LogP contribution in [0.2, 0.25) is 0 Å². The van der Waals surface area contributed by atoms with Gasteiger partial charge in [0.05, 0.1) is 0 Å². The molecule has 0 bridgehead atoms. The van der Waals surface area contributed by atoms with Crippen LogP contribution < -0.4 is 0 Å². The Morgan fingerprint density at radius 2 is 0.443 bits per heavy atom. The Morgan fingerprint density at radius 1 is 0.262 bits per heavy atom. The van der Waals surface area contributed by atoms with Crippen LogP contribution >= 0.6 is 0 Å². The molecule has 1 unspecified atom stereocenters. The molecule has 0 saturated heterocycles. The lowest BCUT2D eigenvalue weighted by molar-refractivity contribution is -0.167. The fourth-order valence-electron chi connectivity index (χ4n) is 8.45. The van der Waals surface area contributed by atoms with Gasteiger partial charge in [0.25, 0.3) is 0 Å². The molecule has 0 aliphatic carbocycles. The molecule has 6 nitrogen and oxygen atoms in total. The fourth-order valence-corrected chi connectivity index (χ4v) is 8.45. The van der Waals surface area contributed by atoms with Crippen LogP contribution in [0.15, 0.2) is 0 Å². The molecule has 0 aliphatic rings. The highest BCUT2D eigenvalue weighted by Crippen LogP contribution is 2.17. The van der Waals surface area contributed by atoms with E-state index in [2.05, 4.69) is 20.8 Å². The molecule has 362 valence electrons. The van der Waals surface area contributed by atoms with Crippen LogP contribution in [0.25, 0.3) is 0 Å². The van der Waals surface area contributed by atoms with E-state index in [4.69, 9.17) is 14.2 Å². The molecule has 0 saturated carbocycles. The van der Waals surface area contributed by atoms with Gasteiger partial charge in [-0.25, -0.2) is 0 Å². The van der Waals surface area contributed by atoms with Crippen molar-refractivity contribution in [3.63, 3.8) is 0 Å². The summed E-state index contributed by atoms with van der Waals surface area (Å²) >= 11 is 0. The van der Waals surface area contributed by atoms with Gasteiger partial charge in [0.1, 0.15) is 13.2 Å². The van der Waals surface area contributed by atoms with E-state index < -0.39 is 6.10 Å². The highest BCUT2D eigenvalue weighted by Gasteiger charge is 2.19. The number of carbonyl (C=O) groups excluding carboxylic acids is 3. The highest BCUT2D eigenvalue weighted by molar-refractivity contribution is 5.71. The first kappa shape index (κ1) is 59.4. The van der Waals surface area contributed by atoms with Gasteiger partial charge in [0, 0.05) is 19.3 Å². The molecule has 6 heteroatoms. The normalized spacial score (nSPS) is 11.9. The van der Waals surface area contributed by atoms with Gasteiger partial charge < -0.3 is 14.2 Å². The Morgan fingerprint density at radius 3 is 0.656 bits per heavy atom. The number of hydrogen-bond donors (Lipinski definition) is 0. The van der Waals surface area contributed by atoms with E-state index in [1.807, 2.05) is 0 Å². The SMILES string of the molecule is CCCCCCCCCCCCCCCCCCCCCCCCC(=O)OCC(COC(=O)CCCCCCCCC)OC(=O)CCCCCCCCCCCCCCCC. The molecule has 0 aromatic heterocycles. The molecule has 1 atom stereocenters. The van der Waals surface area contributed by atoms with Crippen molar-refractivity contribution in [2.75, 3.05) is 13.2 Å². The largest absolute Gasteiger partial charge is 0.462 e. The maximum atomic E-state index is 12.8. The molecule has 0 aromatic carbocycles. The zero-order valence-corrected chi connectivity index (χ0v) is 41.5. The third kappa shape index (κ3) is 49.3. The van der Waals surface area contributed by atoms with Crippen LogP contribution in [0.4, 0.5) is 0 Å². The van der Waals surface area contributed by atoms with Crippen LogP contribution in [0, 0.1) is 0 Å². The topological polar surface area (TPSA) is 78.9 Å². The predicted molar refractivity (Wildman–Crippen MR) is 261 cm³/mol.